The van der Waals surface area contributed by atoms with E-state index in [1.54, 1.807) is 24.3 Å². The zero-order valence-corrected chi connectivity index (χ0v) is 14.7. The first-order chi connectivity index (χ1) is 12.9. The number of ether oxygens (including phenoxy) is 1. The van der Waals surface area contributed by atoms with Crippen LogP contribution in [0.5, 0.6) is 5.75 Å². The standard InChI is InChI=1S/C18H18N4O5/c1-12(20-18(24)14-5-9-16(27-2)10-6-14)17(23)21-19-11-13-3-7-15(8-4-13)22(25)26/h3-12H,1-2H3,(H,20,24)(H,21,23). The number of carbonyl (C=O) groups excluding carboxylic acids is 2. The molecule has 2 aromatic rings. The van der Waals surface area contributed by atoms with Crippen molar-refractivity contribution >= 4 is 23.7 Å². The largest absolute Gasteiger partial charge is 0.497 e. The van der Waals surface area contributed by atoms with E-state index in [4.69, 9.17) is 4.74 Å². The zero-order chi connectivity index (χ0) is 19.8. The molecule has 0 aliphatic heterocycles. The number of amides is 2. The maximum absolute atomic E-state index is 12.1. The van der Waals surface area contributed by atoms with Crippen molar-refractivity contribution in [3.05, 3.63) is 69.8 Å². The number of hydrogen-bond acceptors (Lipinski definition) is 6. The number of nitrogens with zero attached hydrogens (tertiary/aromatic N) is 2. The van der Waals surface area contributed by atoms with Gasteiger partial charge in [-0.1, -0.05) is 0 Å². The van der Waals surface area contributed by atoms with Crippen molar-refractivity contribution in [2.24, 2.45) is 5.10 Å². The second-order valence-electron chi connectivity index (χ2n) is 5.51. The second-order valence-corrected chi connectivity index (χ2v) is 5.51. The Labute approximate surface area is 155 Å². The molecule has 0 saturated carbocycles. The fraction of sp³-hybridized carbons (Fsp3) is 0.167. The molecule has 0 heterocycles. The van der Waals surface area contributed by atoms with Gasteiger partial charge in [0.2, 0.25) is 0 Å². The van der Waals surface area contributed by atoms with E-state index in [2.05, 4.69) is 15.8 Å². The molecule has 0 fully saturated rings. The molecule has 0 aliphatic carbocycles. The van der Waals surface area contributed by atoms with Crippen LogP contribution in [0.1, 0.15) is 22.8 Å². The number of methoxy groups -OCH3 is 1. The summed E-state index contributed by atoms with van der Waals surface area (Å²) in [6, 6.07) is 11.3. The van der Waals surface area contributed by atoms with Gasteiger partial charge in [-0.15, -0.1) is 0 Å². The molecule has 140 valence electrons. The van der Waals surface area contributed by atoms with Gasteiger partial charge in [0.05, 0.1) is 18.2 Å². The summed E-state index contributed by atoms with van der Waals surface area (Å²) in [7, 11) is 1.53. The highest BCUT2D eigenvalue weighted by atomic mass is 16.6. The summed E-state index contributed by atoms with van der Waals surface area (Å²) in [6.45, 7) is 1.53. The lowest BCUT2D eigenvalue weighted by Crippen LogP contribution is -2.43. The third-order valence-electron chi connectivity index (χ3n) is 3.59. The lowest BCUT2D eigenvalue weighted by molar-refractivity contribution is -0.384. The summed E-state index contributed by atoms with van der Waals surface area (Å²) in [5.74, 6) is -0.285. The lowest BCUT2D eigenvalue weighted by atomic mass is 10.2. The van der Waals surface area contributed by atoms with Crippen molar-refractivity contribution in [2.75, 3.05) is 7.11 Å². The van der Waals surface area contributed by atoms with Crippen molar-refractivity contribution in [1.82, 2.24) is 10.7 Å². The van der Waals surface area contributed by atoms with Gasteiger partial charge in [-0.05, 0) is 48.9 Å². The molecule has 27 heavy (non-hydrogen) atoms. The Morgan fingerprint density at radius 2 is 1.78 bits per heavy atom. The molecule has 1 unspecified atom stereocenters. The van der Waals surface area contributed by atoms with Gasteiger partial charge in [0.1, 0.15) is 11.8 Å². The number of nitrogens with one attached hydrogen (secondary N) is 2. The minimum absolute atomic E-state index is 0.0361. The van der Waals surface area contributed by atoms with Gasteiger partial charge in [0, 0.05) is 17.7 Å². The van der Waals surface area contributed by atoms with E-state index in [-0.39, 0.29) is 5.69 Å². The SMILES string of the molecule is COc1ccc(C(=O)NC(C)C(=O)NN=Cc2ccc([N+](=O)[O-])cc2)cc1. The smallest absolute Gasteiger partial charge is 0.269 e. The third kappa shape index (κ3) is 5.63. The minimum Gasteiger partial charge on any atom is -0.497 e. The molecular weight excluding hydrogens is 352 g/mol. The second kappa shape index (κ2) is 9.09. The summed E-state index contributed by atoms with van der Waals surface area (Å²) in [5.41, 5.74) is 3.24. The molecule has 2 amide bonds. The summed E-state index contributed by atoms with van der Waals surface area (Å²) in [4.78, 5) is 34.2. The van der Waals surface area contributed by atoms with E-state index in [9.17, 15) is 19.7 Å². The van der Waals surface area contributed by atoms with Crippen molar-refractivity contribution < 1.29 is 19.2 Å². The molecule has 0 spiro atoms. The van der Waals surface area contributed by atoms with Crippen LogP contribution in [0.25, 0.3) is 0 Å². The van der Waals surface area contributed by atoms with Crippen molar-refractivity contribution in [3.8, 4) is 5.75 Å². The van der Waals surface area contributed by atoms with Gasteiger partial charge in [-0.25, -0.2) is 5.43 Å². The van der Waals surface area contributed by atoms with Crippen LogP contribution in [0.15, 0.2) is 53.6 Å². The Hall–Kier alpha value is -3.75. The number of hydrazone groups is 1. The lowest BCUT2D eigenvalue weighted by Gasteiger charge is -2.12. The van der Waals surface area contributed by atoms with Gasteiger partial charge in [-0.3, -0.25) is 19.7 Å². The van der Waals surface area contributed by atoms with Gasteiger partial charge in [-0.2, -0.15) is 5.10 Å². The quantitative estimate of drug-likeness (QED) is 0.437. The van der Waals surface area contributed by atoms with E-state index < -0.39 is 22.8 Å². The number of rotatable bonds is 7. The van der Waals surface area contributed by atoms with Crippen LogP contribution in [-0.2, 0) is 4.79 Å². The van der Waals surface area contributed by atoms with Crippen molar-refractivity contribution in [1.29, 1.82) is 0 Å². The normalized spacial score (nSPS) is 11.6. The topological polar surface area (TPSA) is 123 Å². The molecule has 9 heteroatoms. The van der Waals surface area contributed by atoms with Crippen LogP contribution < -0.4 is 15.5 Å². The Kier molecular flexibility index (Phi) is 6.59. The maximum Gasteiger partial charge on any atom is 0.269 e. The highest BCUT2D eigenvalue weighted by Crippen LogP contribution is 2.11. The number of nitro benzene ring substituents is 1. The van der Waals surface area contributed by atoms with Crippen LogP contribution >= 0.6 is 0 Å². The maximum atomic E-state index is 12.1. The monoisotopic (exact) mass is 370 g/mol. The van der Waals surface area contributed by atoms with E-state index in [1.165, 1.54) is 44.5 Å². The average Bonchev–Trinajstić information content (AvgIpc) is 2.68. The molecule has 0 bridgehead atoms. The van der Waals surface area contributed by atoms with Crippen LogP contribution in [0.3, 0.4) is 0 Å². The molecule has 0 radical (unpaired) electrons. The van der Waals surface area contributed by atoms with E-state index in [1.807, 2.05) is 0 Å². The number of benzene rings is 2. The zero-order valence-electron chi connectivity index (χ0n) is 14.7. The minimum atomic E-state index is -0.811. The molecule has 0 aromatic heterocycles. The average molecular weight is 370 g/mol. The van der Waals surface area contributed by atoms with Gasteiger partial charge < -0.3 is 10.1 Å². The highest BCUT2D eigenvalue weighted by Gasteiger charge is 2.16. The van der Waals surface area contributed by atoms with Gasteiger partial charge >= 0.3 is 0 Å². The van der Waals surface area contributed by atoms with Crippen LogP contribution in [0.2, 0.25) is 0 Å². The fourth-order valence-electron chi connectivity index (χ4n) is 2.04. The van der Waals surface area contributed by atoms with Crippen LogP contribution in [0, 0.1) is 10.1 Å². The summed E-state index contributed by atoms with van der Waals surface area (Å²) in [5, 5.41) is 16.9. The molecule has 0 aliphatic rings. The number of hydrogen-bond donors (Lipinski definition) is 2. The molecule has 1 atom stereocenters. The Bertz CT molecular complexity index is 847. The van der Waals surface area contributed by atoms with Crippen LogP contribution in [-0.4, -0.2) is 36.1 Å². The Morgan fingerprint density at radius 1 is 1.15 bits per heavy atom. The molecule has 0 saturated heterocycles. The predicted molar refractivity (Wildman–Crippen MR) is 98.8 cm³/mol. The fourth-order valence-corrected chi connectivity index (χ4v) is 2.04. The first-order valence-corrected chi connectivity index (χ1v) is 7.93. The Balaban J connectivity index is 1.87. The molecule has 9 nitrogen and oxygen atoms in total. The number of non-ortho nitro benzene ring substituents is 1. The van der Waals surface area contributed by atoms with Gasteiger partial charge in [0.25, 0.3) is 17.5 Å². The highest BCUT2D eigenvalue weighted by molar-refractivity contribution is 5.97. The van der Waals surface area contributed by atoms with Crippen LogP contribution in [0.4, 0.5) is 5.69 Å². The molecule has 2 N–H and O–H groups in total. The molecule has 2 aromatic carbocycles. The molecular formula is C18H18N4O5. The first-order valence-electron chi connectivity index (χ1n) is 7.93. The van der Waals surface area contributed by atoms with Gasteiger partial charge in [0.15, 0.2) is 0 Å². The van der Waals surface area contributed by atoms with E-state index >= 15 is 0 Å². The number of carbonyl (C=O) groups is 2. The van der Waals surface area contributed by atoms with E-state index in [0.29, 0.717) is 16.9 Å². The molecule has 2 rings (SSSR count). The first kappa shape index (κ1) is 19.6. The van der Waals surface area contributed by atoms with Crippen molar-refractivity contribution in [2.45, 2.75) is 13.0 Å². The Morgan fingerprint density at radius 3 is 2.33 bits per heavy atom. The number of nitro groups is 1. The van der Waals surface area contributed by atoms with E-state index in [0.717, 1.165) is 0 Å². The third-order valence-corrected chi connectivity index (χ3v) is 3.59. The summed E-state index contributed by atoms with van der Waals surface area (Å²) in [6.07, 6.45) is 1.35. The summed E-state index contributed by atoms with van der Waals surface area (Å²) < 4.78 is 5.02. The predicted octanol–water partition coefficient (Wildman–Crippen LogP) is 1.87. The van der Waals surface area contributed by atoms with Crippen molar-refractivity contribution in [3.63, 3.8) is 0 Å². The summed E-state index contributed by atoms with van der Waals surface area (Å²) >= 11 is 0.